The Bertz CT molecular complexity index is 1140. The molecule has 1 heterocycles. The fraction of sp³-hybridized carbons (Fsp3) is 0.240. The summed E-state index contributed by atoms with van der Waals surface area (Å²) in [5.41, 5.74) is 4.56. The highest BCUT2D eigenvalue weighted by atomic mass is 16.5. The minimum Gasteiger partial charge on any atom is -0.475 e. The second kappa shape index (κ2) is 9.60. The lowest BCUT2D eigenvalue weighted by atomic mass is 9.98. The van der Waals surface area contributed by atoms with E-state index in [0.717, 1.165) is 22.3 Å². The Labute approximate surface area is 190 Å². The largest absolute Gasteiger partial charge is 0.475 e. The number of ether oxygens (including phenoxy) is 1. The molecule has 0 aliphatic heterocycles. The van der Waals surface area contributed by atoms with Crippen molar-refractivity contribution in [2.75, 3.05) is 6.61 Å². The van der Waals surface area contributed by atoms with Crippen LogP contribution < -0.4 is 10.6 Å². The Kier molecular flexibility index (Phi) is 6.44. The lowest BCUT2D eigenvalue weighted by Gasteiger charge is -2.17. The quantitative estimate of drug-likeness (QED) is 0.481. The molecule has 8 heteroatoms. The lowest BCUT2D eigenvalue weighted by molar-refractivity contribution is -0.121. The molecule has 1 aliphatic rings. The molecule has 1 atom stereocenters. The minimum absolute atomic E-state index is 0.0363. The van der Waals surface area contributed by atoms with Crippen LogP contribution in [0, 0.1) is 0 Å². The van der Waals surface area contributed by atoms with E-state index in [-0.39, 0.29) is 37.2 Å². The van der Waals surface area contributed by atoms with Crippen molar-refractivity contribution in [3.05, 3.63) is 83.3 Å². The van der Waals surface area contributed by atoms with Crippen molar-refractivity contribution in [1.82, 2.24) is 10.6 Å². The Morgan fingerprint density at radius 1 is 1.00 bits per heavy atom. The molecular weight excluding hydrogens is 424 g/mol. The van der Waals surface area contributed by atoms with Crippen LogP contribution in [0.5, 0.6) is 0 Å². The number of hydrogen-bond acceptors (Lipinski definition) is 5. The van der Waals surface area contributed by atoms with Gasteiger partial charge in [-0.2, -0.15) is 0 Å². The summed E-state index contributed by atoms with van der Waals surface area (Å²) in [7, 11) is 0. The standard InChI is InChI=1S/C25H24N2O6/c1-15(12-23(28)26-13-16-10-11-22(33-16)24(29)30)27-25(31)32-14-21-19-8-4-2-6-17(19)18-7-3-5-9-20(18)21/h2-11,15,21H,12-14H2,1H3,(H,26,28)(H,27,31)(H,29,30)/t15-/m0/s1. The third-order valence-electron chi connectivity index (χ3n) is 5.53. The highest BCUT2D eigenvalue weighted by Gasteiger charge is 2.29. The van der Waals surface area contributed by atoms with E-state index in [0.29, 0.717) is 5.76 Å². The SMILES string of the molecule is C[C@@H](CC(=O)NCc1ccc(C(=O)O)o1)NC(=O)OCC1c2ccccc2-c2ccccc21. The summed E-state index contributed by atoms with van der Waals surface area (Å²) in [6, 6.07) is 18.5. The average molecular weight is 448 g/mol. The number of carbonyl (C=O) groups excluding carboxylic acids is 2. The van der Waals surface area contributed by atoms with Crippen molar-refractivity contribution in [3.8, 4) is 11.1 Å². The van der Waals surface area contributed by atoms with Crippen molar-refractivity contribution in [2.45, 2.75) is 31.8 Å². The number of carboxylic acids is 1. The van der Waals surface area contributed by atoms with E-state index in [9.17, 15) is 14.4 Å². The van der Waals surface area contributed by atoms with Gasteiger partial charge >= 0.3 is 12.1 Å². The molecule has 33 heavy (non-hydrogen) atoms. The Morgan fingerprint density at radius 2 is 1.64 bits per heavy atom. The molecule has 2 aromatic carbocycles. The lowest BCUT2D eigenvalue weighted by Crippen LogP contribution is -2.37. The van der Waals surface area contributed by atoms with Gasteiger partial charge in [0.25, 0.3) is 0 Å². The monoisotopic (exact) mass is 448 g/mol. The zero-order valence-corrected chi connectivity index (χ0v) is 18.0. The minimum atomic E-state index is -1.17. The Hall–Kier alpha value is -4.07. The molecule has 3 N–H and O–H groups in total. The predicted molar refractivity (Wildman–Crippen MR) is 120 cm³/mol. The fourth-order valence-corrected chi connectivity index (χ4v) is 4.02. The first kappa shape index (κ1) is 22.1. The number of carboxylic acid groups (broad SMARTS) is 1. The summed E-state index contributed by atoms with van der Waals surface area (Å²) in [6.45, 7) is 1.96. The highest BCUT2D eigenvalue weighted by molar-refractivity contribution is 5.84. The molecular formula is C25H24N2O6. The van der Waals surface area contributed by atoms with Crippen molar-refractivity contribution in [3.63, 3.8) is 0 Å². The van der Waals surface area contributed by atoms with Crippen LogP contribution in [-0.2, 0) is 16.1 Å². The van der Waals surface area contributed by atoms with Crippen molar-refractivity contribution in [1.29, 1.82) is 0 Å². The first-order valence-electron chi connectivity index (χ1n) is 10.6. The summed E-state index contributed by atoms with van der Waals surface area (Å²) >= 11 is 0. The number of fused-ring (bicyclic) bond motifs is 3. The van der Waals surface area contributed by atoms with Crippen LogP contribution in [0.2, 0.25) is 0 Å². The Balaban J connectivity index is 1.25. The molecule has 0 spiro atoms. The van der Waals surface area contributed by atoms with E-state index >= 15 is 0 Å². The van der Waals surface area contributed by atoms with Crippen LogP contribution in [0.25, 0.3) is 11.1 Å². The normalized spacial score (nSPS) is 13.0. The zero-order chi connectivity index (χ0) is 23.4. The van der Waals surface area contributed by atoms with E-state index < -0.39 is 18.1 Å². The van der Waals surface area contributed by atoms with Crippen molar-refractivity contribution >= 4 is 18.0 Å². The topological polar surface area (TPSA) is 118 Å². The summed E-state index contributed by atoms with van der Waals surface area (Å²) in [6.07, 6.45) is -0.550. The second-order valence-corrected chi connectivity index (χ2v) is 7.92. The molecule has 8 nitrogen and oxygen atoms in total. The van der Waals surface area contributed by atoms with Crippen molar-refractivity contribution < 1.29 is 28.6 Å². The first-order valence-corrected chi connectivity index (χ1v) is 10.6. The van der Waals surface area contributed by atoms with Gasteiger partial charge in [-0.3, -0.25) is 4.79 Å². The van der Waals surface area contributed by atoms with Gasteiger partial charge in [0.2, 0.25) is 11.7 Å². The van der Waals surface area contributed by atoms with Crippen molar-refractivity contribution in [2.24, 2.45) is 0 Å². The molecule has 0 fully saturated rings. The average Bonchev–Trinajstić information content (AvgIpc) is 3.39. The number of carbonyl (C=O) groups is 3. The molecule has 0 unspecified atom stereocenters. The third kappa shape index (κ3) is 5.06. The van der Waals surface area contributed by atoms with E-state index in [1.54, 1.807) is 6.92 Å². The van der Waals surface area contributed by atoms with Gasteiger partial charge in [-0.05, 0) is 41.3 Å². The summed E-state index contributed by atoms with van der Waals surface area (Å²) < 4.78 is 10.6. The first-order chi connectivity index (χ1) is 15.9. The van der Waals surface area contributed by atoms with E-state index in [1.807, 2.05) is 36.4 Å². The summed E-state index contributed by atoms with van der Waals surface area (Å²) in [5.74, 6) is -1.38. The van der Waals surface area contributed by atoms with E-state index in [1.165, 1.54) is 12.1 Å². The molecule has 0 radical (unpaired) electrons. The molecule has 3 aromatic rings. The Morgan fingerprint density at radius 3 is 2.24 bits per heavy atom. The molecule has 1 aromatic heterocycles. The number of benzene rings is 2. The van der Waals surface area contributed by atoms with Crippen LogP contribution in [-0.4, -0.2) is 35.7 Å². The van der Waals surface area contributed by atoms with Gasteiger partial charge in [0, 0.05) is 18.4 Å². The number of rotatable bonds is 8. The van der Waals surface area contributed by atoms with Gasteiger partial charge in [0.1, 0.15) is 12.4 Å². The fourth-order valence-electron chi connectivity index (χ4n) is 4.02. The molecule has 0 saturated heterocycles. The van der Waals surface area contributed by atoms with Crippen LogP contribution in [0.4, 0.5) is 4.79 Å². The van der Waals surface area contributed by atoms with Gasteiger partial charge < -0.3 is 24.9 Å². The van der Waals surface area contributed by atoms with Crippen LogP contribution >= 0.6 is 0 Å². The number of aromatic carboxylic acids is 1. The second-order valence-electron chi connectivity index (χ2n) is 7.92. The molecule has 170 valence electrons. The van der Waals surface area contributed by atoms with Crippen LogP contribution in [0.15, 0.2) is 65.1 Å². The van der Waals surface area contributed by atoms with E-state index in [2.05, 4.69) is 22.8 Å². The zero-order valence-electron chi connectivity index (χ0n) is 18.0. The number of alkyl carbamates (subject to hydrolysis) is 1. The predicted octanol–water partition coefficient (Wildman–Crippen LogP) is 3.91. The number of furan rings is 1. The number of nitrogens with one attached hydrogen (secondary N) is 2. The summed E-state index contributed by atoms with van der Waals surface area (Å²) in [4.78, 5) is 35.3. The maximum atomic E-state index is 12.3. The highest BCUT2D eigenvalue weighted by Crippen LogP contribution is 2.44. The van der Waals surface area contributed by atoms with E-state index in [4.69, 9.17) is 14.3 Å². The third-order valence-corrected chi connectivity index (χ3v) is 5.53. The summed E-state index contributed by atoms with van der Waals surface area (Å²) in [5, 5.41) is 14.2. The molecule has 1 aliphatic carbocycles. The van der Waals surface area contributed by atoms with Gasteiger partial charge in [-0.15, -0.1) is 0 Å². The molecule has 0 saturated carbocycles. The maximum absolute atomic E-state index is 12.3. The number of amides is 2. The van der Waals surface area contributed by atoms with Crippen LogP contribution in [0.1, 0.15) is 46.7 Å². The van der Waals surface area contributed by atoms with Gasteiger partial charge in [-0.1, -0.05) is 48.5 Å². The van der Waals surface area contributed by atoms with Crippen LogP contribution in [0.3, 0.4) is 0 Å². The van der Waals surface area contributed by atoms with Gasteiger partial charge in [0.15, 0.2) is 0 Å². The maximum Gasteiger partial charge on any atom is 0.407 e. The smallest absolute Gasteiger partial charge is 0.407 e. The molecule has 2 amide bonds. The van der Waals surface area contributed by atoms with Gasteiger partial charge in [-0.25, -0.2) is 9.59 Å². The van der Waals surface area contributed by atoms with Gasteiger partial charge in [0.05, 0.1) is 6.54 Å². The molecule has 0 bridgehead atoms. The number of hydrogen-bond donors (Lipinski definition) is 3. The molecule has 4 rings (SSSR count).